The van der Waals surface area contributed by atoms with Crippen molar-refractivity contribution in [3.05, 3.63) is 71.8 Å². The summed E-state index contributed by atoms with van der Waals surface area (Å²) in [7, 11) is 0. The Morgan fingerprint density at radius 1 is 0.955 bits per heavy atom. The molecule has 1 unspecified atom stereocenters. The van der Waals surface area contributed by atoms with E-state index in [1.807, 2.05) is 43.3 Å². The Kier molecular flexibility index (Phi) is 4.16. The summed E-state index contributed by atoms with van der Waals surface area (Å²) in [5, 5.41) is 3.54. The van der Waals surface area contributed by atoms with E-state index in [1.54, 1.807) is 6.92 Å². The molecule has 0 aliphatic carbocycles. The van der Waals surface area contributed by atoms with Crippen LogP contribution in [-0.2, 0) is 4.79 Å². The SMILES string of the molecule is CC(=O)C1C(C)=N[C@H](c2ccccc2)N[C@H]1c1ccccc1. The number of nitrogens with zero attached hydrogens (tertiary/aromatic N) is 1. The van der Waals surface area contributed by atoms with Gasteiger partial charge in [-0.1, -0.05) is 60.7 Å². The van der Waals surface area contributed by atoms with E-state index in [2.05, 4.69) is 29.6 Å². The second kappa shape index (κ2) is 6.24. The first-order valence-electron chi connectivity index (χ1n) is 7.57. The van der Waals surface area contributed by atoms with E-state index in [9.17, 15) is 4.79 Å². The standard InChI is InChI=1S/C19H20N2O/c1-13-17(14(2)22)18(15-9-5-3-6-10-15)21-19(20-13)16-11-7-4-8-12-16/h3-12,17-19,21H,1-2H3/t17?,18-,19-/m0/s1. The summed E-state index contributed by atoms with van der Waals surface area (Å²) in [6, 6.07) is 20.2. The fraction of sp³-hybridized carbons (Fsp3) is 0.263. The second-order valence-corrected chi connectivity index (χ2v) is 5.73. The first-order valence-corrected chi connectivity index (χ1v) is 7.57. The third-order valence-electron chi connectivity index (χ3n) is 4.17. The molecular weight excluding hydrogens is 272 g/mol. The van der Waals surface area contributed by atoms with Crippen molar-refractivity contribution in [1.29, 1.82) is 0 Å². The zero-order valence-corrected chi connectivity index (χ0v) is 12.9. The quantitative estimate of drug-likeness (QED) is 0.937. The Bertz CT molecular complexity index is 679. The Balaban J connectivity index is 2.01. The molecule has 0 radical (unpaired) electrons. The number of hydrogen-bond donors (Lipinski definition) is 1. The Morgan fingerprint density at radius 3 is 2.05 bits per heavy atom. The van der Waals surface area contributed by atoms with Crippen LogP contribution in [0.2, 0.25) is 0 Å². The molecule has 1 N–H and O–H groups in total. The number of nitrogens with one attached hydrogen (secondary N) is 1. The number of carbonyl (C=O) groups excluding carboxylic acids is 1. The number of aliphatic imine (C=N–C) groups is 1. The van der Waals surface area contributed by atoms with E-state index in [4.69, 9.17) is 4.99 Å². The smallest absolute Gasteiger partial charge is 0.140 e. The molecule has 2 aromatic rings. The van der Waals surface area contributed by atoms with Crippen molar-refractivity contribution in [1.82, 2.24) is 5.32 Å². The summed E-state index contributed by atoms with van der Waals surface area (Å²) in [5.41, 5.74) is 3.14. The molecule has 22 heavy (non-hydrogen) atoms. The van der Waals surface area contributed by atoms with Gasteiger partial charge in [-0.3, -0.25) is 15.1 Å². The van der Waals surface area contributed by atoms with Gasteiger partial charge in [-0.25, -0.2) is 0 Å². The van der Waals surface area contributed by atoms with E-state index in [-0.39, 0.29) is 23.9 Å². The van der Waals surface area contributed by atoms with Crippen molar-refractivity contribution < 1.29 is 4.79 Å². The molecule has 0 saturated carbocycles. The van der Waals surface area contributed by atoms with Gasteiger partial charge >= 0.3 is 0 Å². The second-order valence-electron chi connectivity index (χ2n) is 5.73. The lowest BCUT2D eigenvalue weighted by Crippen LogP contribution is -2.42. The summed E-state index contributed by atoms with van der Waals surface area (Å²) in [6.45, 7) is 3.60. The van der Waals surface area contributed by atoms with Crippen molar-refractivity contribution in [2.45, 2.75) is 26.1 Å². The first kappa shape index (κ1) is 14.7. The van der Waals surface area contributed by atoms with E-state index in [0.717, 1.165) is 16.8 Å². The highest BCUT2D eigenvalue weighted by Gasteiger charge is 2.35. The normalized spacial score (nSPS) is 24.6. The number of ketones is 1. The van der Waals surface area contributed by atoms with Gasteiger partial charge < -0.3 is 0 Å². The van der Waals surface area contributed by atoms with Crippen molar-refractivity contribution in [3.63, 3.8) is 0 Å². The molecule has 3 heteroatoms. The Labute approximate surface area is 131 Å². The van der Waals surface area contributed by atoms with Crippen LogP contribution in [0, 0.1) is 5.92 Å². The van der Waals surface area contributed by atoms with E-state index in [0.29, 0.717) is 0 Å². The highest BCUT2D eigenvalue weighted by molar-refractivity contribution is 6.04. The van der Waals surface area contributed by atoms with Gasteiger partial charge in [0.2, 0.25) is 0 Å². The minimum absolute atomic E-state index is 0.0404. The summed E-state index contributed by atoms with van der Waals surface area (Å²) >= 11 is 0. The van der Waals surface area contributed by atoms with E-state index in [1.165, 1.54) is 0 Å². The van der Waals surface area contributed by atoms with Crippen LogP contribution < -0.4 is 5.32 Å². The molecule has 1 aliphatic rings. The van der Waals surface area contributed by atoms with Crippen LogP contribution in [0.5, 0.6) is 0 Å². The summed E-state index contributed by atoms with van der Waals surface area (Å²) in [5.74, 6) is -0.0588. The minimum atomic E-state index is -0.206. The highest BCUT2D eigenvalue weighted by Crippen LogP contribution is 2.33. The van der Waals surface area contributed by atoms with E-state index < -0.39 is 0 Å². The number of benzene rings is 2. The zero-order valence-electron chi connectivity index (χ0n) is 12.9. The fourth-order valence-electron chi connectivity index (χ4n) is 3.11. The zero-order chi connectivity index (χ0) is 15.5. The number of carbonyl (C=O) groups is 1. The molecular formula is C19H20N2O. The van der Waals surface area contributed by atoms with Gasteiger partial charge in [0.05, 0.1) is 5.92 Å². The molecule has 2 aromatic carbocycles. The van der Waals surface area contributed by atoms with Crippen LogP contribution in [-0.4, -0.2) is 11.5 Å². The minimum Gasteiger partial charge on any atom is -0.299 e. The average Bonchev–Trinajstić information content (AvgIpc) is 2.55. The maximum atomic E-state index is 12.1. The Morgan fingerprint density at radius 2 is 1.50 bits per heavy atom. The van der Waals surface area contributed by atoms with Crippen molar-refractivity contribution in [3.8, 4) is 0 Å². The predicted octanol–water partition coefficient (Wildman–Crippen LogP) is 3.70. The molecule has 3 atom stereocenters. The van der Waals surface area contributed by atoms with Crippen LogP contribution in [0.25, 0.3) is 0 Å². The maximum Gasteiger partial charge on any atom is 0.140 e. The molecule has 1 heterocycles. The van der Waals surface area contributed by atoms with E-state index >= 15 is 0 Å². The number of rotatable bonds is 3. The maximum absolute atomic E-state index is 12.1. The molecule has 0 saturated heterocycles. The number of Topliss-reactive ketones (excluding diaryl/α,β-unsaturated/α-hetero) is 1. The molecule has 0 aromatic heterocycles. The van der Waals surface area contributed by atoms with Gasteiger partial charge in [0.15, 0.2) is 0 Å². The molecule has 0 bridgehead atoms. The monoisotopic (exact) mass is 292 g/mol. The van der Waals surface area contributed by atoms with Gasteiger partial charge in [-0.2, -0.15) is 0 Å². The summed E-state index contributed by atoms with van der Waals surface area (Å²) in [4.78, 5) is 16.8. The summed E-state index contributed by atoms with van der Waals surface area (Å²) in [6.07, 6.45) is -0.109. The summed E-state index contributed by atoms with van der Waals surface area (Å²) < 4.78 is 0. The van der Waals surface area contributed by atoms with Crippen molar-refractivity contribution in [2.75, 3.05) is 0 Å². The third kappa shape index (κ3) is 2.85. The highest BCUT2D eigenvalue weighted by atomic mass is 16.1. The van der Waals surface area contributed by atoms with Crippen LogP contribution in [0.15, 0.2) is 65.7 Å². The van der Waals surface area contributed by atoms with Crippen LogP contribution >= 0.6 is 0 Å². The van der Waals surface area contributed by atoms with Crippen molar-refractivity contribution in [2.24, 2.45) is 10.9 Å². The fourth-order valence-corrected chi connectivity index (χ4v) is 3.11. The molecule has 1 aliphatic heterocycles. The molecule has 3 nitrogen and oxygen atoms in total. The molecule has 0 amide bonds. The lowest BCUT2D eigenvalue weighted by molar-refractivity contribution is -0.119. The third-order valence-corrected chi connectivity index (χ3v) is 4.17. The van der Waals surface area contributed by atoms with Crippen LogP contribution in [0.4, 0.5) is 0 Å². The first-order chi connectivity index (χ1) is 10.7. The average molecular weight is 292 g/mol. The molecule has 0 fully saturated rings. The van der Waals surface area contributed by atoms with Gasteiger partial charge in [0.1, 0.15) is 11.9 Å². The Hall–Kier alpha value is -2.26. The largest absolute Gasteiger partial charge is 0.299 e. The van der Waals surface area contributed by atoms with Gasteiger partial charge in [-0.05, 0) is 25.0 Å². The van der Waals surface area contributed by atoms with Crippen LogP contribution in [0.3, 0.4) is 0 Å². The lowest BCUT2D eigenvalue weighted by Gasteiger charge is -2.35. The number of hydrogen-bond acceptors (Lipinski definition) is 3. The molecule has 3 rings (SSSR count). The van der Waals surface area contributed by atoms with Gasteiger partial charge in [-0.15, -0.1) is 0 Å². The van der Waals surface area contributed by atoms with Gasteiger partial charge in [0, 0.05) is 11.8 Å². The van der Waals surface area contributed by atoms with Gasteiger partial charge in [0.25, 0.3) is 0 Å². The molecule has 0 spiro atoms. The lowest BCUT2D eigenvalue weighted by atomic mass is 9.84. The topological polar surface area (TPSA) is 41.5 Å². The predicted molar refractivity (Wildman–Crippen MR) is 88.8 cm³/mol. The van der Waals surface area contributed by atoms with Crippen molar-refractivity contribution >= 4 is 11.5 Å². The van der Waals surface area contributed by atoms with Crippen LogP contribution in [0.1, 0.15) is 37.2 Å². The molecule has 112 valence electrons.